The van der Waals surface area contributed by atoms with Crippen LogP contribution in [0, 0.1) is 6.92 Å². The third kappa shape index (κ3) is 4.26. The number of hydrogen-bond donors (Lipinski definition) is 1. The van der Waals surface area contributed by atoms with Gasteiger partial charge in [-0.15, -0.1) is 0 Å². The SMILES string of the molecule is COC(=O)c1cc(NC(=O)Cc2ccc(OC)c(C)c2)ccc1Cl. The zero-order chi connectivity index (χ0) is 17.7. The van der Waals surface area contributed by atoms with Gasteiger partial charge in [0, 0.05) is 5.69 Å². The fourth-order valence-corrected chi connectivity index (χ4v) is 2.51. The van der Waals surface area contributed by atoms with Crippen LogP contribution in [0.3, 0.4) is 0 Å². The van der Waals surface area contributed by atoms with Crippen molar-refractivity contribution in [2.24, 2.45) is 0 Å². The van der Waals surface area contributed by atoms with E-state index < -0.39 is 5.97 Å². The molecule has 5 nitrogen and oxygen atoms in total. The van der Waals surface area contributed by atoms with Crippen molar-refractivity contribution in [3.8, 4) is 5.75 Å². The van der Waals surface area contributed by atoms with Gasteiger partial charge in [-0.2, -0.15) is 0 Å². The van der Waals surface area contributed by atoms with Gasteiger partial charge in [0.05, 0.1) is 31.2 Å². The van der Waals surface area contributed by atoms with E-state index in [1.807, 2.05) is 25.1 Å². The number of aryl methyl sites for hydroxylation is 1. The summed E-state index contributed by atoms with van der Waals surface area (Å²) in [6.45, 7) is 1.92. The molecule has 6 heteroatoms. The first-order chi connectivity index (χ1) is 11.4. The minimum absolute atomic E-state index is 0.197. The number of amides is 1. The largest absolute Gasteiger partial charge is 0.496 e. The Morgan fingerprint density at radius 1 is 1.12 bits per heavy atom. The van der Waals surface area contributed by atoms with E-state index in [0.29, 0.717) is 5.69 Å². The number of hydrogen-bond acceptors (Lipinski definition) is 4. The number of nitrogens with one attached hydrogen (secondary N) is 1. The molecule has 126 valence electrons. The molecule has 0 atom stereocenters. The Bertz CT molecular complexity index is 774. The van der Waals surface area contributed by atoms with Crippen LogP contribution in [0.1, 0.15) is 21.5 Å². The van der Waals surface area contributed by atoms with Gasteiger partial charge < -0.3 is 14.8 Å². The zero-order valence-electron chi connectivity index (χ0n) is 13.7. The van der Waals surface area contributed by atoms with E-state index in [-0.39, 0.29) is 22.9 Å². The standard InChI is InChI=1S/C18H18ClNO4/c1-11-8-12(4-7-16(11)23-2)9-17(21)20-13-5-6-15(19)14(10-13)18(22)24-3/h4-8,10H,9H2,1-3H3,(H,20,21). The van der Waals surface area contributed by atoms with Crippen LogP contribution in [-0.4, -0.2) is 26.1 Å². The van der Waals surface area contributed by atoms with Crippen LogP contribution in [0.2, 0.25) is 5.02 Å². The molecule has 0 heterocycles. The summed E-state index contributed by atoms with van der Waals surface area (Å²) in [7, 11) is 2.88. The number of ether oxygens (including phenoxy) is 2. The lowest BCUT2D eigenvalue weighted by atomic mass is 10.1. The fourth-order valence-electron chi connectivity index (χ4n) is 2.31. The molecule has 1 N–H and O–H groups in total. The summed E-state index contributed by atoms with van der Waals surface area (Å²) < 4.78 is 9.86. The number of esters is 1. The minimum atomic E-state index is -0.554. The number of anilines is 1. The third-order valence-corrected chi connectivity index (χ3v) is 3.81. The number of methoxy groups -OCH3 is 2. The molecule has 24 heavy (non-hydrogen) atoms. The molecular weight excluding hydrogens is 330 g/mol. The Hall–Kier alpha value is -2.53. The topological polar surface area (TPSA) is 64.6 Å². The monoisotopic (exact) mass is 347 g/mol. The predicted molar refractivity (Wildman–Crippen MR) is 92.9 cm³/mol. The molecule has 0 aliphatic heterocycles. The van der Waals surface area contributed by atoms with Gasteiger partial charge in [-0.05, 0) is 42.3 Å². The van der Waals surface area contributed by atoms with E-state index in [4.69, 9.17) is 16.3 Å². The van der Waals surface area contributed by atoms with Crippen LogP contribution in [0.25, 0.3) is 0 Å². The molecule has 0 bridgehead atoms. The number of benzene rings is 2. The van der Waals surface area contributed by atoms with E-state index in [9.17, 15) is 9.59 Å². The van der Waals surface area contributed by atoms with Gasteiger partial charge in [-0.25, -0.2) is 4.79 Å². The number of carbonyl (C=O) groups excluding carboxylic acids is 2. The zero-order valence-corrected chi connectivity index (χ0v) is 14.4. The molecule has 0 spiro atoms. The van der Waals surface area contributed by atoms with E-state index >= 15 is 0 Å². The lowest BCUT2D eigenvalue weighted by Crippen LogP contribution is -2.15. The minimum Gasteiger partial charge on any atom is -0.496 e. The molecule has 0 saturated heterocycles. The van der Waals surface area contributed by atoms with Gasteiger partial charge in [0.15, 0.2) is 0 Å². The lowest BCUT2D eigenvalue weighted by Gasteiger charge is -2.10. The van der Waals surface area contributed by atoms with Crippen LogP contribution in [0.5, 0.6) is 5.75 Å². The molecule has 2 aromatic carbocycles. The molecular formula is C18H18ClNO4. The highest BCUT2D eigenvalue weighted by molar-refractivity contribution is 6.33. The van der Waals surface area contributed by atoms with Crippen LogP contribution in [0.15, 0.2) is 36.4 Å². The normalized spacial score (nSPS) is 10.2. The molecule has 0 radical (unpaired) electrons. The summed E-state index contributed by atoms with van der Waals surface area (Å²) in [6.07, 6.45) is 0.209. The first-order valence-electron chi connectivity index (χ1n) is 7.26. The molecule has 0 aromatic heterocycles. The number of carbonyl (C=O) groups is 2. The highest BCUT2D eigenvalue weighted by Gasteiger charge is 2.13. The Labute approximate surface area is 145 Å². The maximum Gasteiger partial charge on any atom is 0.339 e. The maximum absolute atomic E-state index is 12.2. The number of rotatable bonds is 5. The molecule has 0 aliphatic carbocycles. The Morgan fingerprint density at radius 2 is 1.88 bits per heavy atom. The molecule has 0 saturated carbocycles. The summed E-state index contributed by atoms with van der Waals surface area (Å²) >= 11 is 5.96. The van der Waals surface area contributed by atoms with Gasteiger partial charge in [0.25, 0.3) is 0 Å². The van der Waals surface area contributed by atoms with Gasteiger partial charge >= 0.3 is 5.97 Å². The van der Waals surface area contributed by atoms with Crippen LogP contribution < -0.4 is 10.1 Å². The van der Waals surface area contributed by atoms with Crippen molar-refractivity contribution < 1.29 is 19.1 Å². The quantitative estimate of drug-likeness (QED) is 0.839. The average Bonchev–Trinajstić information content (AvgIpc) is 2.56. The van der Waals surface area contributed by atoms with Crippen molar-refractivity contribution >= 4 is 29.2 Å². The van der Waals surface area contributed by atoms with Crippen LogP contribution >= 0.6 is 11.6 Å². The first-order valence-corrected chi connectivity index (χ1v) is 7.63. The van der Waals surface area contributed by atoms with Crippen molar-refractivity contribution in [1.29, 1.82) is 0 Å². The van der Waals surface area contributed by atoms with Crippen molar-refractivity contribution in [3.63, 3.8) is 0 Å². The molecule has 2 aromatic rings. The lowest BCUT2D eigenvalue weighted by molar-refractivity contribution is -0.115. The van der Waals surface area contributed by atoms with Crippen molar-refractivity contribution in [2.45, 2.75) is 13.3 Å². The highest BCUT2D eigenvalue weighted by atomic mass is 35.5. The van der Waals surface area contributed by atoms with Gasteiger partial charge in [0.1, 0.15) is 5.75 Å². The second kappa shape index (κ2) is 7.84. The Balaban J connectivity index is 2.10. The van der Waals surface area contributed by atoms with Crippen molar-refractivity contribution in [3.05, 3.63) is 58.1 Å². The van der Waals surface area contributed by atoms with Gasteiger partial charge in [-0.1, -0.05) is 23.7 Å². The molecule has 0 aliphatic rings. The van der Waals surface area contributed by atoms with E-state index in [2.05, 4.69) is 10.1 Å². The molecule has 2 rings (SSSR count). The van der Waals surface area contributed by atoms with E-state index in [1.54, 1.807) is 19.2 Å². The second-order valence-electron chi connectivity index (χ2n) is 5.22. The summed E-state index contributed by atoms with van der Waals surface area (Å²) in [5.41, 5.74) is 2.52. The van der Waals surface area contributed by atoms with Crippen LogP contribution in [0.4, 0.5) is 5.69 Å². The molecule has 0 unspecified atom stereocenters. The van der Waals surface area contributed by atoms with Gasteiger partial charge in [-0.3, -0.25) is 4.79 Å². The Morgan fingerprint density at radius 3 is 2.50 bits per heavy atom. The summed E-state index contributed by atoms with van der Waals surface area (Å²) in [4.78, 5) is 23.8. The average molecular weight is 348 g/mol. The smallest absolute Gasteiger partial charge is 0.339 e. The van der Waals surface area contributed by atoms with Crippen molar-refractivity contribution in [2.75, 3.05) is 19.5 Å². The maximum atomic E-state index is 12.2. The van der Waals surface area contributed by atoms with E-state index in [1.165, 1.54) is 13.2 Å². The Kier molecular flexibility index (Phi) is 5.82. The second-order valence-corrected chi connectivity index (χ2v) is 5.62. The predicted octanol–water partition coefficient (Wildman–Crippen LogP) is 3.62. The van der Waals surface area contributed by atoms with Crippen molar-refractivity contribution in [1.82, 2.24) is 0 Å². The van der Waals surface area contributed by atoms with Gasteiger partial charge in [0.2, 0.25) is 5.91 Å². The number of halogens is 1. The highest BCUT2D eigenvalue weighted by Crippen LogP contribution is 2.22. The van der Waals surface area contributed by atoms with Crippen LogP contribution in [-0.2, 0) is 16.0 Å². The fraction of sp³-hybridized carbons (Fsp3) is 0.222. The summed E-state index contributed by atoms with van der Waals surface area (Å²) in [5, 5.41) is 3.02. The van der Waals surface area contributed by atoms with E-state index in [0.717, 1.165) is 16.9 Å². The summed E-state index contributed by atoms with van der Waals surface area (Å²) in [6, 6.07) is 10.2. The summed E-state index contributed by atoms with van der Waals surface area (Å²) in [5.74, 6) is 0.0270. The molecule has 0 fully saturated rings. The molecule has 1 amide bonds. The third-order valence-electron chi connectivity index (χ3n) is 3.48. The first kappa shape index (κ1) is 17.8.